The van der Waals surface area contributed by atoms with Gasteiger partial charge in [0.25, 0.3) is 5.91 Å². The fourth-order valence-corrected chi connectivity index (χ4v) is 2.29. The van der Waals surface area contributed by atoms with E-state index in [1.54, 1.807) is 9.80 Å². The van der Waals surface area contributed by atoms with Gasteiger partial charge in [0, 0.05) is 37.3 Å². The quantitative estimate of drug-likeness (QED) is 0.864. The summed E-state index contributed by atoms with van der Waals surface area (Å²) >= 11 is 0. The van der Waals surface area contributed by atoms with Crippen molar-refractivity contribution in [2.75, 3.05) is 26.2 Å². The van der Waals surface area contributed by atoms with Gasteiger partial charge in [-0.25, -0.2) is 9.18 Å². The molecule has 0 aliphatic carbocycles. The molecule has 0 unspecified atom stereocenters. The molecule has 1 aliphatic rings. The summed E-state index contributed by atoms with van der Waals surface area (Å²) in [7, 11) is 0. The highest BCUT2D eigenvalue weighted by atomic mass is 19.1. The maximum absolute atomic E-state index is 12.9. The summed E-state index contributed by atoms with van der Waals surface area (Å²) in [6.45, 7) is 7.74. The number of nitrogens with zero attached hydrogens (tertiary/aromatic N) is 2. The van der Waals surface area contributed by atoms with Crippen LogP contribution in [-0.4, -0.2) is 53.5 Å². The summed E-state index contributed by atoms with van der Waals surface area (Å²) in [6.07, 6.45) is 0. The lowest BCUT2D eigenvalue weighted by atomic mass is 10.1. The van der Waals surface area contributed by atoms with E-state index in [4.69, 9.17) is 0 Å². The molecule has 0 spiro atoms. The van der Waals surface area contributed by atoms with E-state index in [0.29, 0.717) is 31.7 Å². The fraction of sp³-hybridized carbons (Fsp3) is 0.500. The maximum Gasteiger partial charge on any atom is 0.317 e. The summed E-state index contributed by atoms with van der Waals surface area (Å²) in [5.74, 6) is -0.490. The predicted molar refractivity (Wildman–Crippen MR) is 82.2 cm³/mol. The van der Waals surface area contributed by atoms with Crippen LogP contribution in [0.3, 0.4) is 0 Å². The van der Waals surface area contributed by atoms with Crippen LogP contribution >= 0.6 is 0 Å². The van der Waals surface area contributed by atoms with Crippen LogP contribution in [0, 0.1) is 5.82 Å². The van der Waals surface area contributed by atoms with Gasteiger partial charge in [-0.3, -0.25) is 4.79 Å². The molecular formula is C16H22FN3O2. The monoisotopic (exact) mass is 307 g/mol. The van der Waals surface area contributed by atoms with Gasteiger partial charge in [0.05, 0.1) is 0 Å². The minimum absolute atomic E-state index is 0.110. The second kappa shape index (κ2) is 6.34. The number of urea groups is 1. The van der Waals surface area contributed by atoms with E-state index in [1.807, 2.05) is 20.8 Å². The largest absolute Gasteiger partial charge is 0.335 e. The smallest absolute Gasteiger partial charge is 0.317 e. The molecule has 0 bridgehead atoms. The minimum atomic E-state index is -0.361. The average Bonchev–Trinajstić information content (AvgIpc) is 2.46. The first-order valence-corrected chi connectivity index (χ1v) is 7.38. The Hall–Kier alpha value is -2.11. The van der Waals surface area contributed by atoms with Crippen molar-refractivity contribution in [1.29, 1.82) is 0 Å². The molecular weight excluding hydrogens is 285 g/mol. The molecule has 6 heteroatoms. The number of nitrogens with one attached hydrogen (secondary N) is 1. The molecule has 120 valence electrons. The molecule has 1 heterocycles. The fourth-order valence-electron chi connectivity index (χ4n) is 2.29. The van der Waals surface area contributed by atoms with Crippen LogP contribution < -0.4 is 5.32 Å². The first-order chi connectivity index (χ1) is 10.3. The summed E-state index contributed by atoms with van der Waals surface area (Å²) in [4.78, 5) is 27.8. The third-order valence-corrected chi connectivity index (χ3v) is 3.43. The minimum Gasteiger partial charge on any atom is -0.335 e. The molecule has 22 heavy (non-hydrogen) atoms. The first kappa shape index (κ1) is 16.3. The van der Waals surface area contributed by atoms with E-state index in [9.17, 15) is 14.0 Å². The molecule has 0 saturated carbocycles. The highest BCUT2D eigenvalue weighted by molar-refractivity contribution is 5.94. The van der Waals surface area contributed by atoms with Crippen LogP contribution in [0.5, 0.6) is 0 Å². The highest BCUT2D eigenvalue weighted by Crippen LogP contribution is 2.11. The molecule has 1 aliphatic heterocycles. The van der Waals surface area contributed by atoms with Crippen LogP contribution in [0.15, 0.2) is 24.3 Å². The lowest BCUT2D eigenvalue weighted by molar-refractivity contribution is 0.0661. The van der Waals surface area contributed by atoms with Crippen molar-refractivity contribution in [1.82, 2.24) is 15.1 Å². The van der Waals surface area contributed by atoms with Gasteiger partial charge in [-0.2, -0.15) is 0 Å². The second-order valence-corrected chi connectivity index (χ2v) is 6.47. The Labute approximate surface area is 130 Å². The number of piperazine rings is 1. The number of rotatable bonds is 1. The summed E-state index contributed by atoms with van der Waals surface area (Å²) in [6, 6.07) is 5.41. The second-order valence-electron chi connectivity index (χ2n) is 6.47. The third-order valence-electron chi connectivity index (χ3n) is 3.43. The number of hydrogen-bond acceptors (Lipinski definition) is 2. The highest BCUT2D eigenvalue weighted by Gasteiger charge is 2.26. The molecule has 2 rings (SSSR count). The Morgan fingerprint density at radius 3 is 2.00 bits per heavy atom. The maximum atomic E-state index is 12.9. The molecule has 1 saturated heterocycles. The molecule has 1 fully saturated rings. The topological polar surface area (TPSA) is 52.7 Å². The Bertz CT molecular complexity index is 544. The van der Waals surface area contributed by atoms with Gasteiger partial charge in [-0.05, 0) is 45.0 Å². The van der Waals surface area contributed by atoms with Gasteiger partial charge in [-0.1, -0.05) is 0 Å². The zero-order valence-electron chi connectivity index (χ0n) is 13.2. The Kier molecular flexibility index (Phi) is 4.68. The van der Waals surface area contributed by atoms with Gasteiger partial charge >= 0.3 is 6.03 Å². The predicted octanol–water partition coefficient (Wildman–Crippen LogP) is 2.09. The van der Waals surface area contributed by atoms with Gasteiger partial charge in [0.15, 0.2) is 0 Å². The lowest BCUT2D eigenvalue weighted by Crippen LogP contribution is -2.56. The Balaban J connectivity index is 1.90. The van der Waals surface area contributed by atoms with Crippen molar-refractivity contribution in [2.24, 2.45) is 0 Å². The molecule has 3 amide bonds. The standard InChI is InChI=1S/C16H22FN3O2/c1-16(2,3)18-15(22)20-10-8-19(9-11-20)14(21)12-4-6-13(17)7-5-12/h4-7H,8-11H2,1-3H3,(H,18,22). The van der Waals surface area contributed by atoms with Gasteiger partial charge in [-0.15, -0.1) is 0 Å². The van der Waals surface area contributed by atoms with Crippen molar-refractivity contribution < 1.29 is 14.0 Å². The van der Waals surface area contributed by atoms with Crippen molar-refractivity contribution in [2.45, 2.75) is 26.3 Å². The lowest BCUT2D eigenvalue weighted by Gasteiger charge is -2.36. The SMILES string of the molecule is CC(C)(C)NC(=O)N1CCN(C(=O)c2ccc(F)cc2)CC1. The van der Waals surface area contributed by atoms with Crippen molar-refractivity contribution >= 4 is 11.9 Å². The molecule has 0 atom stereocenters. The Morgan fingerprint density at radius 2 is 1.50 bits per heavy atom. The normalized spacial score (nSPS) is 15.6. The van der Waals surface area contributed by atoms with Crippen LogP contribution in [0.1, 0.15) is 31.1 Å². The van der Waals surface area contributed by atoms with Crippen LogP contribution in [-0.2, 0) is 0 Å². The van der Waals surface area contributed by atoms with E-state index < -0.39 is 0 Å². The van der Waals surface area contributed by atoms with Gasteiger partial charge in [0.1, 0.15) is 5.82 Å². The zero-order valence-corrected chi connectivity index (χ0v) is 13.2. The molecule has 1 N–H and O–H groups in total. The van der Waals surface area contributed by atoms with E-state index in [2.05, 4.69) is 5.32 Å². The van der Waals surface area contributed by atoms with E-state index >= 15 is 0 Å². The van der Waals surface area contributed by atoms with Gasteiger partial charge in [0.2, 0.25) is 0 Å². The summed E-state index contributed by atoms with van der Waals surface area (Å²) in [5, 5.41) is 2.91. The van der Waals surface area contributed by atoms with Crippen molar-refractivity contribution in [3.05, 3.63) is 35.6 Å². The van der Waals surface area contributed by atoms with E-state index in [-0.39, 0.29) is 23.3 Å². The number of amides is 3. The third kappa shape index (κ3) is 4.19. The molecule has 0 aromatic heterocycles. The van der Waals surface area contributed by atoms with Crippen LogP contribution in [0.25, 0.3) is 0 Å². The van der Waals surface area contributed by atoms with E-state index in [0.717, 1.165) is 0 Å². The zero-order chi connectivity index (χ0) is 16.3. The van der Waals surface area contributed by atoms with Gasteiger partial charge < -0.3 is 15.1 Å². The number of halogens is 1. The molecule has 1 aromatic rings. The number of hydrogen-bond donors (Lipinski definition) is 1. The van der Waals surface area contributed by atoms with Crippen LogP contribution in [0.4, 0.5) is 9.18 Å². The van der Waals surface area contributed by atoms with E-state index in [1.165, 1.54) is 24.3 Å². The summed E-state index contributed by atoms with van der Waals surface area (Å²) in [5.41, 5.74) is 0.187. The number of carbonyl (C=O) groups is 2. The van der Waals surface area contributed by atoms with Crippen molar-refractivity contribution in [3.63, 3.8) is 0 Å². The molecule has 1 aromatic carbocycles. The van der Waals surface area contributed by atoms with Crippen LogP contribution in [0.2, 0.25) is 0 Å². The first-order valence-electron chi connectivity index (χ1n) is 7.38. The van der Waals surface area contributed by atoms with Crippen molar-refractivity contribution in [3.8, 4) is 0 Å². The number of benzene rings is 1. The Morgan fingerprint density at radius 1 is 1.00 bits per heavy atom. The molecule has 0 radical (unpaired) electrons. The average molecular weight is 307 g/mol. The summed E-state index contributed by atoms with van der Waals surface area (Å²) < 4.78 is 12.9. The molecule has 5 nitrogen and oxygen atoms in total. The number of carbonyl (C=O) groups excluding carboxylic acids is 2.